The van der Waals surface area contributed by atoms with Crippen LogP contribution in [0, 0.1) is 11.3 Å². The molecular formula is C17H30IN3O. The normalized spacial score (nSPS) is 36.1. The van der Waals surface area contributed by atoms with Crippen LogP contribution in [0.15, 0.2) is 4.99 Å². The molecule has 0 radical (unpaired) electrons. The quantitative estimate of drug-likeness (QED) is 0.425. The average molecular weight is 419 g/mol. The molecule has 2 aliphatic carbocycles. The van der Waals surface area contributed by atoms with E-state index in [2.05, 4.69) is 17.1 Å². The maximum atomic E-state index is 6.09. The van der Waals surface area contributed by atoms with Gasteiger partial charge in [0.15, 0.2) is 5.96 Å². The monoisotopic (exact) mass is 419 g/mol. The van der Waals surface area contributed by atoms with Gasteiger partial charge >= 0.3 is 0 Å². The first-order valence-corrected chi connectivity index (χ1v) is 9.03. The number of fused-ring (bicyclic) bond motifs is 2. The molecule has 0 bridgehead atoms. The predicted octanol–water partition coefficient (Wildman–Crippen LogP) is 3.01. The van der Waals surface area contributed by atoms with E-state index in [4.69, 9.17) is 9.73 Å². The lowest BCUT2D eigenvalue weighted by Crippen LogP contribution is -2.69. The second kappa shape index (κ2) is 6.83. The number of hydrogen-bond acceptors (Lipinski definition) is 2. The Hall–Kier alpha value is -0.0400. The van der Waals surface area contributed by atoms with Crippen molar-refractivity contribution in [1.29, 1.82) is 0 Å². The summed E-state index contributed by atoms with van der Waals surface area (Å²) in [6.45, 7) is 6.35. The van der Waals surface area contributed by atoms with Crippen LogP contribution in [0.5, 0.6) is 0 Å². The number of nitrogens with zero attached hydrogens (tertiary/aromatic N) is 2. The van der Waals surface area contributed by atoms with Gasteiger partial charge in [-0.2, -0.15) is 0 Å². The van der Waals surface area contributed by atoms with Gasteiger partial charge in [0.05, 0.1) is 6.10 Å². The summed E-state index contributed by atoms with van der Waals surface area (Å²) in [6.07, 6.45) is 9.88. The molecule has 4 fully saturated rings. The lowest BCUT2D eigenvalue weighted by atomic mass is 9.54. The van der Waals surface area contributed by atoms with E-state index in [1.807, 2.05) is 0 Å². The van der Waals surface area contributed by atoms with Crippen LogP contribution in [0.1, 0.15) is 51.9 Å². The van der Waals surface area contributed by atoms with Gasteiger partial charge in [0.2, 0.25) is 0 Å². The van der Waals surface area contributed by atoms with Crippen LogP contribution in [0.4, 0.5) is 0 Å². The SMILES string of the molecule is CCN=C(NC1C2CCOC2C12CCCC2)N1CCCC1.I. The highest BCUT2D eigenvalue weighted by Gasteiger charge is 2.65. The zero-order valence-electron chi connectivity index (χ0n) is 13.7. The Morgan fingerprint density at radius 2 is 1.95 bits per heavy atom. The van der Waals surface area contributed by atoms with Crippen LogP contribution in [0.3, 0.4) is 0 Å². The second-order valence-electron chi connectivity index (χ2n) is 7.30. The van der Waals surface area contributed by atoms with Crippen LogP contribution >= 0.6 is 24.0 Å². The van der Waals surface area contributed by atoms with Gasteiger partial charge in [-0.25, -0.2) is 0 Å². The molecule has 0 aromatic rings. The van der Waals surface area contributed by atoms with Gasteiger partial charge in [0.25, 0.3) is 0 Å². The first kappa shape index (κ1) is 16.8. The van der Waals surface area contributed by atoms with E-state index in [0.717, 1.165) is 19.1 Å². The summed E-state index contributed by atoms with van der Waals surface area (Å²) in [7, 11) is 0. The van der Waals surface area contributed by atoms with Crippen molar-refractivity contribution in [3.63, 3.8) is 0 Å². The lowest BCUT2D eigenvalue weighted by Gasteiger charge is -2.57. The van der Waals surface area contributed by atoms with E-state index in [-0.39, 0.29) is 24.0 Å². The van der Waals surface area contributed by atoms with Crippen LogP contribution in [-0.4, -0.2) is 49.2 Å². The van der Waals surface area contributed by atoms with E-state index in [1.54, 1.807) is 0 Å². The van der Waals surface area contributed by atoms with Crippen LogP contribution < -0.4 is 5.32 Å². The fourth-order valence-electron chi connectivity index (χ4n) is 5.36. The average Bonchev–Trinajstić information content (AvgIpc) is 3.23. The van der Waals surface area contributed by atoms with Crippen molar-refractivity contribution >= 4 is 29.9 Å². The Labute approximate surface area is 151 Å². The molecule has 1 spiro atoms. The molecule has 0 amide bonds. The van der Waals surface area contributed by atoms with Crippen molar-refractivity contribution < 1.29 is 4.74 Å². The minimum Gasteiger partial charge on any atom is -0.377 e. The smallest absolute Gasteiger partial charge is 0.194 e. The highest BCUT2D eigenvalue weighted by Crippen LogP contribution is 2.60. The summed E-state index contributed by atoms with van der Waals surface area (Å²) in [5, 5.41) is 3.90. The number of aliphatic imine (C=N–C) groups is 1. The standard InChI is InChI=1S/C17H29N3O.HI/c1-2-18-16(20-10-5-6-11-20)19-14-13-7-12-21-15(13)17(14)8-3-4-9-17;/h13-15H,2-12H2,1H3,(H,18,19);1H. The summed E-state index contributed by atoms with van der Waals surface area (Å²) < 4.78 is 6.09. The molecule has 4 rings (SSSR count). The van der Waals surface area contributed by atoms with Gasteiger partial charge < -0.3 is 15.0 Å². The number of halogens is 1. The Bertz CT molecular complexity index is 416. The van der Waals surface area contributed by atoms with E-state index in [1.165, 1.54) is 64.0 Å². The molecular weight excluding hydrogens is 389 g/mol. The summed E-state index contributed by atoms with van der Waals surface area (Å²) in [4.78, 5) is 7.25. The number of likely N-dealkylation sites (tertiary alicyclic amines) is 1. The van der Waals surface area contributed by atoms with Gasteiger partial charge in [-0.3, -0.25) is 4.99 Å². The number of ether oxygens (including phenoxy) is 1. The van der Waals surface area contributed by atoms with Gasteiger partial charge in [0.1, 0.15) is 0 Å². The van der Waals surface area contributed by atoms with Crippen molar-refractivity contribution in [2.24, 2.45) is 16.3 Å². The molecule has 2 saturated heterocycles. The number of guanidine groups is 1. The zero-order valence-corrected chi connectivity index (χ0v) is 16.1. The molecule has 0 aromatic carbocycles. The highest BCUT2D eigenvalue weighted by atomic mass is 127. The maximum Gasteiger partial charge on any atom is 0.194 e. The van der Waals surface area contributed by atoms with E-state index in [0.29, 0.717) is 17.6 Å². The molecule has 3 atom stereocenters. The summed E-state index contributed by atoms with van der Waals surface area (Å²) >= 11 is 0. The van der Waals surface area contributed by atoms with Crippen LogP contribution in [0.2, 0.25) is 0 Å². The van der Waals surface area contributed by atoms with E-state index >= 15 is 0 Å². The number of rotatable bonds is 2. The third-order valence-corrected chi connectivity index (χ3v) is 6.28. The first-order valence-electron chi connectivity index (χ1n) is 9.03. The molecule has 2 saturated carbocycles. The maximum absolute atomic E-state index is 6.09. The number of hydrogen-bond donors (Lipinski definition) is 1. The van der Waals surface area contributed by atoms with Crippen molar-refractivity contribution in [2.45, 2.75) is 64.0 Å². The lowest BCUT2D eigenvalue weighted by molar-refractivity contribution is -0.125. The molecule has 2 aliphatic heterocycles. The molecule has 1 N–H and O–H groups in total. The summed E-state index contributed by atoms with van der Waals surface area (Å²) in [5.74, 6) is 1.91. The molecule has 3 unspecified atom stereocenters. The Balaban J connectivity index is 0.00000144. The third-order valence-electron chi connectivity index (χ3n) is 6.28. The molecule has 126 valence electrons. The van der Waals surface area contributed by atoms with Crippen molar-refractivity contribution in [3.05, 3.63) is 0 Å². The van der Waals surface area contributed by atoms with Gasteiger partial charge in [0, 0.05) is 43.6 Å². The van der Waals surface area contributed by atoms with Crippen LogP contribution in [0.25, 0.3) is 0 Å². The van der Waals surface area contributed by atoms with Gasteiger partial charge in [-0.1, -0.05) is 12.8 Å². The largest absolute Gasteiger partial charge is 0.377 e. The Kier molecular flexibility index (Phi) is 5.22. The van der Waals surface area contributed by atoms with Gasteiger partial charge in [-0.15, -0.1) is 24.0 Å². The second-order valence-corrected chi connectivity index (χ2v) is 7.30. The predicted molar refractivity (Wildman–Crippen MR) is 99.9 cm³/mol. The minimum absolute atomic E-state index is 0. The topological polar surface area (TPSA) is 36.9 Å². The van der Waals surface area contributed by atoms with E-state index in [9.17, 15) is 0 Å². The van der Waals surface area contributed by atoms with Gasteiger partial charge in [-0.05, 0) is 39.0 Å². The molecule has 4 aliphatic rings. The molecule has 22 heavy (non-hydrogen) atoms. The molecule has 2 heterocycles. The Morgan fingerprint density at radius 3 is 2.64 bits per heavy atom. The fourth-order valence-corrected chi connectivity index (χ4v) is 5.36. The van der Waals surface area contributed by atoms with E-state index < -0.39 is 0 Å². The Morgan fingerprint density at radius 1 is 1.23 bits per heavy atom. The molecule has 0 aromatic heterocycles. The molecule has 4 nitrogen and oxygen atoms in total. The highest BCUT2D eigenvalue weighted by molar-refractivity contribution is 14.0. The summed E-state index contributed by atoms with van der Waals surface area (Å²) in [5.41, 5.74) is 0.426. The van der Waals surface area contributed by atoms with Crippen LogP contribution in [-0.2, 0) is 4.74 Å². The first-order chi connectivity index (χ1) is 10.3. The van der Waals surface area contributed by atoms with Crippen molar-refractivity contribution in [2.75, 3.05) is 26.2 Å². The molecule has 5 heteroatoms. The fraction of sp³-hybridized carbons (Fsp3) is 0.941. The third kappa shape index (κ3) is 2.56. The minimum atomic E-state index is 0. The zero-order chi connectivity index (χ0) is 14.3. The van der Waals surface area contributed by atoms with Crippen molar-refractivity contribution in [1.82, 2.24) is 10.2 Å². The summed E-state index contributed by atoms with van der Waals surface area (Å²) in [6, 6.07) is 0.610. The number of nitrogens with one attached hydrogen (secondary N) is 1. The van der Waals surface area contributed by atoms with Crippen molar-refractivity contribution in [3.8, 4) is 0 Å².